The Labute approximate surface area is 48.2 Å². The Morgan fingerprint density at radius 2 is 2.43 bits per heavy atom. The predicted molar refractivity (Wildman–Crippen MR) is 30.1 cm³/mol. The average Bonchev–Trinajstić information content (AvgIpc) is 1.68. The van der Waals surface area contributed by atoms with Gasteiger partial charge < -0.3 is 5.11 Å². The summed E-state index contributed by atoms with van der Waals surface area (Å²) in [5, 5.41) is 16.5. The van der Waals surface area contributed by atoms with E-state index in [0.29, 0.717) is 5.75 Å². The third-order valence-corrected chi connectivity index (χ3v) is 0.959. The first-order valence-corrected chi connectivity index (χ1v) is 2.60. The fraction of sp³-hybridized carbons (Fsp3) is 0.750. The summed E-state index contributed by atoms with van der Waals surface area (Å²) in [6, 6.07) is 1.82. The molecule has 0 fully saturated rings. The fourth-order valence-corrected chi connectivity index (χ4v) is 0.299. The summed E-state index contributed by atoms with van der Waals surface area (Å²) < 4.78 is 0. The number of nitrogens with zero attached hydrogens (tertiary/aromatic N) is 1. The highest BCUT2D eigenvalue weighted by Gasteiger charge is 1.95. The molecule has 0 amide bonds. The van der Waals surface area contributed by atoms with Gasteiger partial charge in [-0.15, -0.1) is 0 Å². The van der Waals surface area contributed by atoms with Crippen molar-refractivity contribution >= 4 is 12.6 Å². The zero-order valence-corrected chi connectivity index (χ0v) is 4.73. The molecule has 0 heterocycles. The van der Waals surface area contributed by atoms with Crippen molar-refractivity contribution in [3.8, 4) is 6.07 Å². The molecule has 0 spiro atoms. The summed E-state index contributed by atoms with van der Waals surface area (Å²) >= 11 is 3.75. The van der Waals surface area contributed by atoms with Crippen LogP contribution in [0.25, 0.3) is 0 Å². The van der Waals surface area contributed by atoms with Crippen LogP contribution in [0.15, 0.2) is 0 Å². The van der Waals surface area contributed by atoms with Crippen LogP contribution in [-0.2, 0) is 0 Å². The van der Waals surface area contributed by atoms with Gasteiger partial charge in [-0.1, -0.05) is 0 Å². The molecule has 40 valence electrons. The van der Waals surface area contributed by atoms with E-state index < -0.39 is 6.10 Å². The van der Waals surface area contributed by atoms with Crippen LogP contribution in [0, 0.1) is 11.3 Å². The average molecular weight is 117 g/mol. The molecule has 7 heavy (non-hydrogen) atoms. The third kappa shape index (κ3) is 3.64. The molecular formula is C4H7NOS. The van der Waals surface area contributed by atoms with Crippen LogP contribution in [0.4, 0.5) is 0 Å². The number of hydrogen-bond donors (Lipinski definition) is 2. The fourth-order valence-electron chi connectivity index (χ4n) is 0.170. The van der Waals surface area contributed by atoms with E-state index in [-0.39, 0.29) is 6.42 Å². The lowest BCUT2D eigenvalue weighted by molar-refractivity contribution is 0.205. The van der Waals surface area contributed by atoms with E-state index in [1.165, 1.54) is 0 Å². The second kappa shape index (κ2) is 3.97. The lowest BCUT2D eigenvalue weighted by Crippen LogP contribution is -2.05. The van der Waals surface area contributed by atoms with Gasteiger partial charge in [-0.3, -0.25) is 0 Å². The van der Waals surface area contributed by atoms with Gasteiger partial charge in [0.2, 0.25) is 0 Å². The Balaban J connectivity index is 3.03. The second-order valence-electron chi connectivity index (χ2n) is 1.20. The zero-order chi connectivity index (χ0) is 5.70. The molecule has 0 aromatic carbocycles. The number of aliphatic hydroxyl groups is 1. The topological polar surface area (TPSA) is 44.0 Å². The number of aliphatic hydroxyl groups excluding tert-OH is 1. The van der Waals surface area contributed by atoms with Gasteiger partial charge in [0.15, 0.2) is 0 Å². The van der Waals surface area contributed by atoms with E-state index in [1.807, 2.05) is 6.07 Å². The maximum absolute atomic E-state index is 8.56. The minimum atomic E-state index is -0.548. The Kier molecular flexibility index (Phi) is 3.86. The van der Waals surface area contributed by atoms with Crippen LogP contribution in [-0.4, -0.2) is 17.0 Å². The maximum atomic E-state index is 8.56. The van der Waals surface area contributed by atoms with Gasteiger partial charge in [0.25, 0.3) is 0 Å². The van der Waals surface area contributed by atoms with Gasteiger partial charge >= 0.3 is 0 Å². The van der Waals surface area contributed by atoms with Crippen molar-refractivity contribution in [3.63, 3.8) is 0 Å². The highest BCUT2D eigenvalue weighted by molar-refractivity contribution is 7.80. The van der Waals surface area contributed by atoms with Gasteiger partial charge in [0, 0.05) is 5.75 Å². The molecule has 1 atom stereocenters. The molecule has 0 aromatic heterocycles. The number of nitriles is 1. The third-order valence-electron chi connectivity index (χ3n) is 0.538. The molecule has 0 saturated carbocycles. The van der Waals surface area contributed by atoms with Crippen molar-refractivity contribution in [2.24, 2.45) is 0 Å². The van der Waals surface area contributed by atoms with Crippen molar-refractivity contribution in [2.75, 3.05) is 5.75 Å². The van der Waals surface area contributed by atoms with Crippen LogP contribution in [0.2, 0.25) is 0 Å². The molecule has 0 aliphatic rings. The number of rotatable bonds is 2. The van der Waals surface area contributed by atoms with Gasteiger partial charge in [-0.2, -0.15) is 17.9 Å². The van der Waals surface area contributed by atoms with Gasteiger partial charge in [-0.25, -0.2) is 0 Å². The van der Waals surface area contributed by atoms with E-state index in [9.17, 15) is 0 Å². The molecule has 0 aliphatic carbocycles. The van der Waals surface area contributed by atoms with Gasteiger partial charge in [0.1, 0.15) is 0 Å². The Morgan fingerprint density at radius 1 is 1.86 bits per heavy atom. The predicted octanol–water partition coefficient (Wildman–Crippen LogP) is 0.191. The first-order chi connectivity index (χ1) is 3.31. The first-order valence-electron chi connectivity index (χ1n) is 1.97. The zero-order valence-electron chi connectivity index (χ0n) is 3.83. The molecule has 0 radical (unpaired) electrons. The first kappa shape index (κ1) is 6.80. The molecular weight excluding hydrogens is 110 g/mol. The molecule has 0 bridgehead atoms. The maximum Gasteiger partial charge on any atom is 0.0757 e. The van der Waals surface area contributed by atoms with Crippen LogP contribution in [0.1, 0.15) is 6.42 Å². The second-order valence-corrected chi connectivity index (χ2v) is 1.56. The largest absolute Gasteiger partial charge is 0.391 e. The van der Waals surface area contributed by atoms with E-state index in [0.717, 1.165) is 0 Å². The summed E-state index contributed by atoms with van der Waals surface area (Å²) in [6.07, 6.45) is -0.364. The van der Waals surface area contributed by atoms with Crippen LogP contribution in [0.3, 0.4) is 0 Å². The van der Waals surface area contributed by atoms with E-state index >= 15 is 0 Å². The molecule has 2 nitrogen and oxygen atoms in total. The normalized spacial score (nSPS) is 12.7. The highest BCUT2D eigenvalue weighted by Crippen LogP contribution is 1.89. The van der Waals surface area contributed by atoms with Crippen molar-refractivity contribution < 1.29 is 5.11 Å². The van der Waals surface area contributed by atoms with Gasteiger partial charge in [-0.05, 0) is 0 Å². The quantitative estimate of drug-likeness (QED) is 0.507. The molecule has 1 unspecified atom stereocenters. The number of thiol groups is 1. The molecule has 3 heteroatoms. The standard InChI is InChI=1S/C4H7NOS/c5-2-1-4(6)3-7/h4,6-7H,1,3H2. The van der Waals surface area contributed by atoms with Crippen molar-refractivity contribution in [2.45, 2.75) is 12.5 Å². The van der Waals surface area contributed by atoms with Gasteiger partial charge in [0.05, 0.1) is 18.6 Å². The van der Waals surface area contributed by atoms with E-state index in [4.69, 9.17) is 10.4 Å². The Bertz CT molecular complexity index is 78.2. The Morgan fingerprint density at radius 3 is 2.57 bits per heavy atom. The smallest absolute Gasteiger partial charge is 0.0757 e. The summed E-state index contributed by atoms with van der Waals surface area (Å²) in [5.41, 5.74) is 0. The van der Waals surface area contributed by atoms with E-state index in [2.05, 4.69) is 12.6 Å². The summed E-state index contributed by atoms with van der Waals surface area (Å²) in [4.78, 5) is 0. The summed E-state index contributed by atoms with van der Waals surface area (Å²) in [7, 11) is 0. The summed E-state index contributed by atoms with van der Waals surface area (Å²) in [5.74, 6) is 0.369. The van der Waals surface area contributed by atoms with Crippen molar-refractivity contribution in [1.82, 2.24) is 0 Å². The SMILES string of the molecule is N#CCC(O)CS. The molecule has 0 aliphatic heterocycles. The number of hydrogen-bond acceptors (Lipinski definition) is 3. The van der Waals surface area contributed by atoms with Crippen LogP contribution in [0.5, 0.6) is 0 Å². The van der Waals surface area contributed by atoms with Crippen molar-refractivity contribution in [1.29, 1.82) is 5.26 Å². The lowest BCUT2D eigenvalue weighted by atomic mass is 10.3. The molecule has 0 rings (SSSR count). The van der Waals surface area contributed by atoms with Crippen LogP contribution < -0.4 is 0 Å². The Hall–Kier alpha value is -0.200. The molecule has 1 N–H and O–H groups in total. The van der Waals surface area contributed by atoms with E-state index in [1.54, 1.807) is 0 Å². The monoisotopic (exact) mass is 117 g/mol. The minimum Gasteiger partial charge on any atom is -0.391 e. The molecule has 0 aromatic rings. The molecule has 0 saturated heterocycles. The van der Waals surface area contributed by atoms with Crippen LogP contribution >= 0.6 is 12.6 Å². The van der Waals surface area contributed by atoms with Crippen molar-refractivity contribution in [3.05, 3.63) is 0 Å². The summed E-state index contributed by atoms with van der Waals surface area (Å²) in [6.45, 7) is 0. The lowest BCUT2D eigenvalue weighted by Gasteiger charge is -1.95. The minimum absolute atomic E-state index is 0.184. The highest BCUT2D eigenvalue weighted by atomic mass is 32.1.